The minimum atomic E-state index is -0.949. The number of aliphatic hydroxyl groups excluding tert-OH is 1. The van der Waals surface area contributed by atoms with Crippen LogP contribution in [0.15, 0.2) is 30.3 Å². The average Bonchev–Trinajstić information content (AvgIpc) is 3.05. The zero-order valence-corrected chi connectivity index (χ0v) is 11.6. The number of carbonyl (C=O) groups is 2. The summed E-state index contributed by atoms with van der Waals surface area (Å²) in [4.78, 5) is 27.0. The molecule has 3 saturated heterocycles. The van der Waals surface area contributed by atoms with E-state index in [-0.39, 0.29) is 30.4 Å². The van der Waals surface area contributed by atoms with E-state index >= 15 is 0 Å². The molecule has 1 aromatic carbocycles. The van der Waals surface area contributed by atoms with Crippen molar-refractivity contribution in [1.82, 2.24) is 4.90 Å². The van der Waals surface area contributed by atoms with Crippen molar-refractivity contribution in [3.8, 4) is 0 Å². The Hall–Kier alpha value is -1.88. The quantitative estimate of drug-likeness (QED) is 0.782. The van der Waals surface area contributed by atoms with E-state index in [1.807, 2.05) is 18.2 Å². The maximum atomic E-state index is 12.8. The minimum absolute atomic E-state index is 0.0306. The van der Waals surface area contributed by atoms with Gasteiger partial charge in [0.1, 0.15) is 12.1 Å². The molecule has 1 amide bonds. The maximum absolute atomic E-state index is 12.8. The van der Waals surface area contributed by atoms with Gasteiger partial charge in [0.2, 0.25) is 0 Å². The molecule has 110 valence electrons. The molecule has 1 aromatic rings. The van der Waals surface area contributed by atoms with E-state index < -0.39 is 11.6 Å². The second-order valence-corrected chi connectivity index (χ2v) is 6.17. The minimum Gasteiger partial charge on any atom is -0.461 e. The van der Waals surface area contributed by atoms with Crippen LogP contribution in [0.25, 0.3) is 0 Å². The van der Waals surface area contributed by atoms with Crippen molar-refractivity contribution in [2.75, 3.05) is 6.61 Å². The van der Waals surface area contributed by atoms with Crippen LogP contribution in [0.4, 0.5) is 0 Å². The zero-order chi connectivity index (χ0) is 14.6. The van der Waals surface area contributed by atoms with Crippen molar-refractivity contribution in [2.24, 2.45) is 5.92 Å². The van der Waals surface area contributed by atoms with Gasteiger partial charge in [0, 0.05) is 17.5 Å². The molecule has 3 fully saturated rings. The Morgan fingerprint density at radius 3 is 2.86 bits per heavy atom. The zero-order valence-electron chi connectivity index (χ0n) is 11.6. The van der Waals surface area contributed by atoms with Crippen molar-refractivity contribution in [2.45, 2.75) is 36.9 Å². The van der Waals surface area contributed by atoms with Gasteiger partial charge in [-0.25, -0.2) is 4.79 Å². The largest absolute Gasteiger partial charge is 0.461 e. The first-order valence-electron chi connectivity index (χ1n) is 7.38. The Bertz CT molecular complexity index is 602. The van der Waals surface area contributed by atoms with Gasteiger partial charge in [0.05, 0.1) is 6.10 Å². The molecule has 0 aliphatic carbocycles. The third kappa shape index (κ3) is 1.55. The second kappa shape index (κ2) is 4.31. The molecule has 4 rings (SSSR count). The summed E-state index contributed by atoms with van der Waals surface area (Å²) >= 11 is 0. The number of hydrogen-bond donors (Lipinski definition) is 1. The Balaban J connectivity index is 1.76. The van der Waals surface area contributed by atoms with Gasteiger partial charge >= 0.3 is 5.97 Å². The van der Waals surface area contributed by atoms with Crippen molar-refractivity contribution >= 4 is 11.9 Å². The number of nitrogens with zero attached hydrogens (tertiary/aromatic N) is 1. The van der Waals surface area contributed by atoms with Crippen molar-refractivity contribution < 1.29 is 19.4 Å². The lowest BCUT2D eigenvalue weighted by Crippen LogP contribution is -2.61. The Morgan fingerprint density at radius 1 is 1.33 bits per heavy atom. The van der Waals surface area contributed by atoms with E-state index in [4.69, 9.17) is 4.74 Å². The normalized spacial score (nSPS) is 37.3. The fourth-order valence-corrected chi connectivity index (χ4v) is 4.33. The first-order valence-corrected chi connectivity index (χ1v) is 7.38. The average molecular weight is 287 g/mol. The highest BCUT2D eigenvalue weighted by Gasteiger charge is 2.68. The molecule has 5 nitrogen and oxygen atoms in total. The number of benzene rings is 1. The number of fused-ring (bicyclic) bond motifs is 1. The molecule has 3 aliphatic heterocycles. The molecule has 1 N–H and O–H groups in total. The lowest BCUT2D eigenvalue weighted by atomic mass is 9.73. The van der Waals surface area contributed by atoms with Crippen molar-refractivity contribution in [3.05, 3.63) is 35.9 Å². The Kier molecular flexibility index (Phi) is 2.63. The molecule has 21 heavy (non-hydrogen) atoms. The van der Waals surface area contributed by atoms with Crippen LogP contribution < -0.4 is 0 Å². The van der Waals surface area contributed by atoms with Crippen LogP contribution in [0.3, 0.4) is 0 Å². The predicted molar refractivity (Wildman–Crippen MR) is 73.4 cm³/mol. The summed E-state index contributed by atoms with van der Waals surface area (Å²) in [7, 11) is 0. The monoisotopic (exact) mass is 287 g/mol. The highest BCUT2D eigenvalue weighted by atomic mass is 16.5. The van der Waals surface area contributed by atoms with Crippen molar-refractivity contribution in [3.63, 3.8) is 0 Å². The van der Waals surface area contributed by atoms with Crippen molar-refractivity contribution in [1.29, 1.82) is 0 Å². The molecule has 0 radical (unpaired) electrons. The number of carbonyl (C=O) groups excluding carboxylic acids is 2. The SMILES string of the molecule is O=C(c1ccccc1)N1[C@@H]2CC[C@]13C(=O)OC[C@@H](O)[C@@H]3C2. The van der Waals surface area contributed by atoms with Gasteiger partial charge in [-0.2, -0.15) is 0 Å². The molecule has 5 heteroatoms. The molecule has 3 heterocycles. The Morgan fingerprint density at radius 2 is 2.10 bits per heavy atom. The molecule has 1 spiro atoms. The van der Waals surface area contributed by atoms with Crippen LogP contribution in [0.1, 0.15) is 29.6 Å². The van der Waals surface area contributed by atoms with Gasteiger partial charge in [-0.1, -0.05) is 18.2 Å². The Labute approximate surface area is 122 Å². The topological polar surface area (TPSA) is 66.8 Å². The molecule has 0 aromatic heterocycles. The summed E-state index contributed by atoms with van der Waals surface area (Å²) in [5, 5.41) is 10.2. The van der Waals surface area contributed by atoms with Crippen LogP contribution >= 0.6 is 0 Å². The van der Waals surface area contributed by atoms with Gasteiger partial charge in [0.25, 0.3) is 5.91 Å². The summed E-state index contributed by atoms with van der Waals surface area (Å²) in [6, 6.07) is 9.04. The molecule has 0 unspecified atom stereocenters. The summed E-state index contributed by atoms with van der Waals surface area (Å²) < 4.78 is 5.16. The number of hydrogen-bond acceptors (Lipinski definition) is 4. The van der Waals surface area contributed by atoms with Crippen LogP contribution in [-0.4, -0.2) is 46.2 Å². The van der Waals surface area contributed by atoms with Gasteiger partial charge in [-0.05, 0) is 31.4 Å². The van der Waals surface area contributed by atoms with E-state index in [9.17, 15) is 14.7 Å². The summed E-state index contributed by atoms with van der Waals surface area (Å²) in [6.45, 7) is 0.0470. The lowest BCUT2D eigenvalue weighted by Gasteiger charge is -2.42. The van der Waals surface area contributed by atoms with Gasteiger partial charge < -0.3 is 14.7 Å². The number of cyclic esters (lactones) is 1. The van der Waals surface area contributed by atoms with Crippen LogP contribution in [0.5, 0.6) is 0 Å². The summed E-state index contributed by atoms with van der Waals surface area (Å²) in [5.41, 5.74) is -0.368. The van der Waals surface area contributed by atoms with E-state index in [1.165, 1.54) is 0 Å². The molecule has 2 bridgehead atoms. The van der Waals surface area contributed by atoms with Gasteiger partial charge in [0.15, 0.2) is 0 Å². The summed E-state index contributed by atoms with van der Waals surface area (Å²) in [5.74, 6) is -0.668. The number of esters is 1. The van der Waals surface area contributed by atoms with Crippen LogP contribution in [0, 0.1) is 5.92 Å². The third-order valence-corrected chi connectivity index (χ3v) is 5.24. The number of aliphatic hydroxyl groups is 1. The second-order valence-electron chi connectivity index (χ2n) is 6.17. The van der Waals surface area contributed by atoms with E-state index in [1.54, 1.807) is 17.0 Å². The fourth-order valence-electron chi connectivity index (χ4n) is 4.33. The highest BCUT2D eigenvalue weighted by Crippen LogP contribution is 2.54. The fraction of sp³-hybridized carbons (Fsp3) is 0.500. The highest BCUT2D eigenvalue weighted by molar-refractivity contribution is 5.99. The van der Waals surface area contributed by atoms with E-state index in [0.717, 1.165) is 6.42 Å². The predicted octanol–water partition coefficient (Wildman–Crippen LogP) is 0.968. The summed E-state index contributed by atoms with van der Waals surface area (Å²) in [6.07, 6.45) is 1.42. The molecule has 4 atom stereocenters. The number of amides is 1. The standard InChI is InChI=1S/C16H17NO4/c18-13-9-21-15(20)16-7-6-11(8-12(13)16)17(16)14(19)10-4-2-1-3-5-10/h1-5,11-13,18H,6-9H2/t11-,12+,13-,16+/m1/s1. The van der Waals surface area contributed by atoms with Gasteiger partial charge in [-0.15, -0.1) is 0 Å². The molecular weight excluding hydrogens is 270 g/mol. The first-order chi connectivity index (χ1) is 10.1. The lowest BCUT2D eigenvalue weighted by molar-refractivity contribution is -0.175. The maximum Gasteiger partial charge on any atom is 0.332 e. The smallest absolute Gasteiger partial charge is 0.332 e. The third-order valence-electron chi connectivity index (χ3n) is 5.24. The first kappa shape index (κ1) is 12.8. The van der Waals surface area contributed by atoms with E-state index in [2.05, 4.69) is 0 Å². The molecule has 0 saturated carbocycles. The molecular formula is C16H17NO4. The van der Waals surface area contributed by atoms with Crippen LogP contribution in [0.2, 0.25) is 0 Å². The van der Waals surface area contributed by atoms with Gasteiger partial charge in [-0.3, -0.25) is 4.79 Å². The molecule has 3 aliphatic rings. The van der Waals surface area contributed by atoms with E-state index in [0.29, 0.717) is 18.4 Å². The van der Waals surface area contributed by atoms with Crippen LogP contribution in [-0.2, 0) is 9.53 Å². The number of rotatable bonds is 1. The number of ether oxygens (including phenoxy) is 1.